The first-order valence-corrected chi connectivity index (χ1v) is 12.1. The van der Waals surface area contributed by atoms with Crippen molar-refractivity contribution in [1.82, 2.24) is 5.32 Å². The number of sulfonamides is 1. The molecular formula is C23H25Cl3N2O4S. The van der Waals surface area contributed by atoms with E-state index in [1.807, 2.05) is 24.3 Å². The maximum absolute atomic E-state index is 11.4. The third-order valence-electron chi connectivity index (χ3n) is 4.83. The topological polar surface area (TPSA) is 90.6 Å². The zero-order chi connectivity index (χ0) is 23.1. The van der Waals surface area contributed by atoms with Crippen molar-refractivity contribution in [2.24, 2.45) is 5.14 Å². The van der Waals surface area contributed by atoms with Crippen molar-refractivity contribution in [3.05, 3.63) is 87.4 Å². The molecule has 0 aromatic heterocycles. The van der Waals surface area contributed by atoms with E-state index >= 15 is 0 Å². The van der Waals surface area contributed by atoms with Gasteiger partial charge in [-0.05, 0) is 48.9 Å². The molecule has 0 amide bonds. The fourth-order valence-electron chi connectivity index (χ4n) is 3.12. The molecule has 10 heteroatoms. The van der Waals surface area contributed by atoms with Crippen LogP contribution in [0.3, 0.4) is 0 Å². The number of nitrogens with two attached hydrogens (primary N) is 1. The summed E-state index contributed by atoms with van der Waals surface area (Å²) in [6.07, 6.45) is 0.728. The first kappa shape index (κ1) is 27.2. The number of rotatable bonds is 10. The Morgan fingerprint density at radius 2 is 1.73 bits per heavy atom. The fourth-order valence-corrected chi connectivity index (χ4v) is 4.09. The van der Waals surface area contributed by atoms with E-state index in [0.717, 1.165) is 23.1 Å². The van der Waals surface area contributed by atoms with Gasteiger partial charge in [-0.3, -0.25) is 0 Å². The van der Waals surface area contributed by atoms with Gasteiger partial charge < -0.3 is 14.8 Å². The summed E-state index contributed by atoms with van der Waals surface area (Å²) in [6, 6.07) is 17.6. The number of para-hydroxylation sites is 1. The van der Waals surface area contributed by atoms with Crippen molar-refractivity contribution in [1.29, 1.82) is 0 Å². The van der Waals surface area contributed by atoms with Crippen LogP contribution in [0.4, 0.5) is 0 Å². The van der Waals surface area contributed by atoms with Gasteiger partial charge in [-0.15, -0.1) is 12.4 Å². The van der Waals surface area contributed by atoms with Crippen LogP contribution in [0.2, 0.25) is 10.0 Å². The molecule has 3 N–H and O–H groups in total. The summed E-state index contributed by atoms with van der Waals surface area (Å²) < 4.78 is 34.2. The summed E-state index contributed by atoms with van der Waals surface area (Å²) in [7, 11) is -2.08. The molecule has 33 heavy (non-hydrogen) atoms. The Balaban J connectivity index is 0.00000385. The molecule has 0 aliphatic carbocycles. The summed E-state index contributed by atoms with van der Waals surface area (Å²) in [5.41, 5.74) is 2.77. The normalized spacial score (nSPS) is 11.0. The molecule has 0 bridgehead atoms. The zero-order valence-corrected chi connectivity index (χ0v) is 21.0. The number of ether oxygens (including phenoxy) is 2. The molecule has 0 saturated carbocycles. The third kappa shape index (κ3) is 7.78. The minimum atomic E-state index is -3.68. The standard InChI is InChI=1S/C23H24Cl2N2O4S.ClH/c1-30-22-4-2-3-17(23(22)31-15-18-7-8-19(24)13-21(18)25)14-27-12-11-16-5-9-20(10-6-16)32(26,28)29;/h2-10,13,27H,11-12,14-15H2,1H3,(H2,26,28,29);1H. The summed E-state index contributed by atoms with van der Waals surface area (Å²) in [6.45, 7) is 1.53. The van der Waals surface area contributed by atoms with Crippen LogP contribution < -0.4 is 19.9 Å². The Morgan fingerprint density at radius 3 is 2.36 bits per heavy atom. The number of primary sulfonamides is 1. The van der Waals surface area contributed by atoms with E-state index in [1.165, 1.54) is 12.1 Å². The summed E-state index contributed by atoms with van der Waals surface area (Å²) in [5.74, 6) is 1.28. The second kappa shape index (κ2) is 12.5. The Bertz CT molecular complexity index is 1170. The van der Waals surface area contributed by atoms with Crippen LogP contribution in [-0.2, 0) is 29.6 Å². The average Bonchev–Trinajstić information content (AvgIpc) is 2.76. The molecule has 0 heterocycles. The molecule has 0 radical (unpaired) electrons. The van der Waals surface area contributed by atoms with Crippen molar-refractivity contribution in [2.75, 3.05) is 13.7 Å². The van der Waals surface area contributed by atoms with Crippen molar-refractivity contribution in [3.8, 4) is 11.5 Å². The fraction of sp³-hybridized carbons (Fsp3) is 0.217. The molecule has 0 fully saturated rings. The molecule has 6 nitrogen and oxygen atoms in total. The second-order valence-corrected chi connectivity index (χ2v) is 9.49. The molecule has 178 valence electrons. The molecule has 3 aromatic rings. The predicted molar refractivity (Wildman–Crippen MR) is 134 cm³/mol. The highest BCUT2D eigenvalue weighted by Gasteiger charge is 2.12. The highest BCUT2D eigenvalue weighted by Crippen LogP contribution is 2.32. The van der Waals surface area contributed by atoms with E-state index < -0.39 is 10.0 Å². The van der Waals surface area contributed by atoms with E-state index in [4.69, 9.17) is 37.8 Å². The van der Waals surface area contributed by atoms with Crippen LogP contribution in [0.5, 0.6) is 11.5 Å². The Kier molecular flexibility index (Phi) is 10.3. The lowest BCUT2D eigenvalue weighted by molar-refractivity contribution is 0.281. The Morgan fingerprint density at radius 1 is 1.00 bits per heavy atom. The van der Waals surface area contributed by atoms with Crippen LogP contribution in [0.25, 0.3) is 0 Å². The quantitative estimate of drug-likeness (QED) is 0.360. The van der Waals surface area contributed by atoms with Gasteiger partial charge in [0.25, 0.3) is 0 Å². The molecule has 0 spiro atoms. The molecule has 0 atom stereocenters. The van der Waals surface area contributed by atoms with Crippen LogP contribution in [0.1, 0.15) is 16.7 Å². The molecule has 3 rings (SSSR count). The van der Waals surface area contributed by atoms with Crippen molar-refractivity contribution in [2.45, 2.75) is 24.5 Å². The lowest BCUT2D eigenvalue weighted by atomic mass is 10.1. The van der Waals surface area contributed by atoms with E-state index in [0.29, 0.717) is 34.6 Å². The van der Waals surface area contributed by atoms with Crippen LogP contribution in [-0.4, -0.2) is 22.1 Å². The van der Waals surface area contributed by atoms with Crippen LogP contribution >= 0.6 is 35.6 Å². The number of hydrogen-bond acceptors (Lipinski definition) is 5. The van der Waals surface area contributed by atoms with Gasteiger partial charge in [0.05, 0.1) is 12.0 Å². The lowest BCUT2D eigenvalue weighted by Gasteiger charge is -2.16. The number of nitrogens with one attached hydrogen (secondary N) is 1. The van der Waals surface area contributed by atoms with E-state index in [2.05, 4.69) is 5.32 Å². The number of halogens is 3. The van der Waals surface area contributed by atoms with E-state index in [9.17, 15) is 8.42 Å². The van der Waals surface area contributed by atoms with Crippen LogP contribution in [0.15, 0.2) is 65.6 Å². The molecule has 3 aromatic carbocycles. The SMILES string of the molecule is COc1cccc(CNCCc2ccc(S(N)(=O)=O)cc2)c1OCc1ccc(Cl)cc1Cl.Cl. The predicted octanol–water partition coefficient (Wildman–Crippen LogP) is 4.98. The highest BCUT2D eigenvalue weighted by molar-refractivity contribution is 7.89. The second-order valence-electron chi connectivity index (χ2n) is 7.09. The van der Waals surface area contributed by atoms with Gasteiger partial charge in [0.2, 0.25) is 10.0 Å². The summed E-state index contributed by atoms with van der Waals surface area (Å²) >= 11 is 12.2. The molecular weight excluding hydrogens is 507 g/mol. The highest BCUT2D eigenvalue weighted by atomic mass is 35.5. The van der Waals surface area contributed by atoms with Gasteiger partial charge in [0.1, 0.15) is 6.61 Å². The maximum atomic E-state index is 11.4. The third-order valence-corrected chi connectivity index (χ3v) is 6.34. The first-order chi connectivity index (χ1) is 15.3. The zero-order valence-electron chi connectivity index (χ0n) is 17.9. The van der Waals surface area contributed by atoms with E-state index in [1.54, 1.807) is 31.4 Å². The number of hydrogen-bond donors (Lipinski definition) is 2. The minimum absolute atomic E-state index is 0. The largest absolute Gasteiger partial charge is 0.493 e. The van der Waals surface area contributed by atoms with Crippen LogP contribution in [0, 0.1) is 0 Å². The number of benzene rings is 3. The molecule has 0 unspecified atom stereocenters. The van der Waals surface area contributed by atoms with Crippen molar-refractivity contribution < 1.29 is 17.9 Å². The van der Waals surface area contributed by atoms with E-state index in [-0.39, 0.29) is 23.9 Å². The van der Waals surface area contributed by atoms with Crippen molar-refractivity contribution >= 4 is 45.6 Å². The van der Waals surface area contributed by atoms with Gasteiger partial charge >= 0.3 is 0 Å². The summed E-state index contributed by atoms with van der Waals surface area (Å²) in [5, 5.41) is 9.63. The Labute approximate surface area is 210 Å². The molecule has 0 aliphatic rings. The first-order valence-electron chi connectivity index (χ1n) is 9.83. The molecule has 0 aliphatic heterocycles. The lowest BCUT2D eigenvalue weighted by Crippen LogP contribution is -2.17. The monoisotopic (exact) mass is 530 g/mol. The van der Waals surface area contributed by atoms with Crippen molar-refractivity contribution in [3.63, 3.8) is 0 Å². The Hall–Kier alpha value is -2.00. The van der Waals surface area contributed by atoms with Gasteiger partial charge in [-0.1, -0.05) is 53.5 Å². The minimum Gasteiger partial charge on any atom is -0.493 e. The maximum Gasteiger partial charge on any atom is 0.238 e. The molecule has 0 saturated heterocycles. The van der Waals surface area contributed by atoms with Gasteiger partial charge in [0, 0.05) is 27.7 Å². The average molecular weight is 532 g/mol. The van der Waals surface area contributed by atoms with Gasteiger partial charge in [0.15, 0.2) is 11.5 Å². The number of methoxy groups -OCH3 is 1. The van der Waals surface area contributed by atoms with Gasteiger partial charge in [-0.25, -0.2) is 13.6 Å². The smallest absolute Gasteiger partial charge is 0.238 e. The summed E-state index contributed by atoms with van der Waals surface area (Å²) in [4.78, 5) is 0.105. The van der Waals surface area contributed by atoms with Gasteiger partial charge in [-0.2, -0.15) is 0 Å².